The molecule has 3 aliphatic rings. The van der Waals surface area contributed by atoms with Crippen molar-refractivity contribution in [2.75, 3.05) is 31.1 Å². The molecule has 1 aromatic heterocycles. The minimum atomic E-state index is -1.11. The number of anilines is 1. The van der Waals surface area contributed by atoms with Crippen molar-refractivity contribution in [1.29, 1.82) is 5.26 Å². The van der Waals surface area contributed by atoms with Crippen molar-refractivity contribution in [3.8, 4) is 16.5 Å². The summed E-state index contributed by atoms with van der Waals surface area (Å²) in [5, 5.41) is 19.8. The van der Waals surface area contributed by atoms with Crippen LogP contribution in [0.15, 0.2) is 30.3 Å². The van der Waals surface area contributed by atoms with Gasteiger partial charge in [0.25, 0.3) is 5.91 Å². The van der Waals surface area contributed by atoms with Gasteiger partial charge in [-0.3, -0.25) is 19.4 Å². The predicted molar refractivity (Wildman–Crippen MR) is 162 cm³/mol. The van der Waals surface area contributed by atoms with Crippen LogP contribution in [0.5, 0.6) is 0 Å². The Hall–Kier alpha value is -3.42. The van der Waals surface area contributed by atoms with E-state index in [1.165, 1.54) is 16.2 Å². The molecule has 1 spiro atoms. The Morgan fingerprint density at radius 1 is 1.14 bits per heavy atom. The number of esters is 1. The summed E-state index contributed by atoms with van der Waals surface area (Å²) < 4.78 is 5.71. The Morgan fingerprint density at radius 2 is 1.81 bits per heavy atom. The third-order valence-corrected chi connectivity index (χ3v) is 9.92. The molecule has 0 saturated carbocycles. The summed E-state index contributed by atoms with van der Waals surface area (Å²) in [4.78, 5) is 45.7. The SMILES string of the molecule is CC1(C)CC2(CCCN(C3CCN(C(=O)c4cc(-c5ccc(C#N)cc5)sc4N(C(=O)O)C(C)(C)C)CC3)C2)C(=O)O1. The number of rotatable bonds is 4. The molecule has 2 amide bonds. The maximum atomic E-state index is 14.0. The molecule has 1 aromatic carbocycles. The number of nitriles is 1. The minimum Gasteiger partial charge on any atom is -0.465 e. The molecule has 0 radical (unpaired) electrons. The first-order chi connectivity index (χ1) is 19.7. The molecule has 1 N–H and O–H groups in total. The largest absolute Gasteiger partial charge is 0.465 e. The van der Waals surface area contributed by atoms with Crippen molar-refractivity contribution in [3.05, 3.63) is 41.5 Å². The third-order valence-electron chi connectivity index (χ3n) is 8.75. The monoisotopic (exact) mass is 592 g/mol. The van der Waals surface area contributed by atoms with Crippen LogP contribution in [-0.4, -0.2) is 76.2 Å². The Bertz CT molecular complexity index is 1410. The summed E-state index contributed by atoms with van der Waals surface area (Å²) in [6.07, 6.45) is 3.03. The van der Waals surface area contributed by atoms with E-state index in [9.17, 15) is 24.8 Å². The van der Waals surface area contributed by atoms with Gasteiger partial charge < -0.3 is 14.7 Å². The van der Waals surface area contributed by atoms with Crippen molar-refractivity contribution < 1.29 is 24.2 Å². The smallest absolute Gasteiger partial charge is 0.412 e. The van der Waals surface area contributed by atoms with E-state index in [1.807, 2.05) is 51.7 Å². The van der Waals surface area contributed by atoms with Crippen LogP contribution in [0.4, 0.5) is 9.80 Å². The van der Waals surface area contributed by atoms with Crippen LogP contribution >= 0.6 is 11.3 Å². The van der Waals surface area contributed by atoms with Crippen molar-refractivity contribution in [3.63, 3.8) is 0 Å². The summed E-state index contributed by atoms with van der Waals surface area (Å²) >= 11 is 1.28. The van der Waals surface area contributed by atoms with Crippen molar-refractivity contribution in [2.45, 2.75) is 83.9 Å². The van der Waals surface area contributed by atoms with Gasteiger partial charge in [-0.25, -0.2) is 4.79 Å². The standard InChI is InChI=1S/C32H40N4O5S/c1-30(2,3)36(29(39)40)27-24(17-25(42-27)22-9-7-21(18-33)8-10-22)26(37)34-15-11-23(12-16-34)35-14-6-13-32(20-35)19-31(4,5)41-28(32)38/h7-10,17,23H,6,11-16,19-20H2,1-5H3,(H,39,40). The van der Waals surface area contributed by atoms with Gasteiger partial charge in [0.1, 0.15) is 10.6 Å². The molecule has 0 aliphatic carbocycles. The van der Waals surface area contributed by atoms with Gasteiger partial charge in [0.05, 0.1) is 22.6 Å². The number of piperidine rings is 2. The first-order valence-corrected chi connectivity index (χ1v) is 15.5. The number of hydrogen-bond acceptors (Lipinski definition) is 7. The summed E-state index contributed by atoms with van der Waals surface area (Å²) in [7, 11) is 0. The molecule has 1 unspecified atom stereocenters. The zero-order valence-electron chi connectivity index (χ0n) is 25.1. The molecule has 42 heavy (non-hydrogen) atoms. The number of cyclic esters (lactones) is 1. The lowest BCUT2D eigenvalue weighted by molar-refractivity contribution is -0.154. The lowest BCUT2D eigenvalue weighted by Gasteiger charge is -2.45. The summed E-state index contributed by atoms with van der Waals surface area (Å²) in [5.74, 6) is -0.249. The number of carboxylic acid groups (broad SMARTS) is 1. The van der Waals surface area contributed by atoms with Gasteiger partial charge in [0.15, 0.2) is 0 Å². The quantitative estimate of drug-likeness (QED) is 0.434. The normalized spacial score (nSPS) is 23.0. The van der Waals surface area contributed by atoms with Crippen LogP contribution in [0.3, 0.4) is 0 Å². The summed E-state index contributed by atoms with van der Waals surface area (Å²) in [5.41, 5.74) is 0.107. The lowest BCUT2D eigenvalue weighted by Crippen LogP contribution is -2.53. The fourth-order valence-electron chi connectivity index (χ4n) is 6.91. The average molecular weight is 593 g/mol. The van der Waals surface area contributed by atoms with Gasteiger partial charge in [0, 0.05) is 42.5 Å². The molecule has 3 fully saturated rings. The zero-order valence-corrected chi connectivity index (χ0v) is 25.9. The molecule has 224 valence electrons. The first-order valence-electron chi connectivity index (χ1n) is 14.7. The van der Waals surface area contributed by atoms with Gasteiger partial charge in [-0.15, -0.1) is 11.3 Å². The molecule has 2 aromatic rings. The Morgan fingerprint density at radius 3 is 2.36 bits per heavy atom. The number of carbonyl (C=O) groups excluding carboxylic acids is 2. The van der Waals surface area contributed by atoms with E-state index in [0.29, 0.717) is 35.8 Å². The van der Waals surface area contributed by atoms with Crippen LogP contribution in [0.25, 0.3) is 10.4 Å². The van der Waals surface area contributed by atoms with Gasteiger partial charge >= 0.3 is 12.1 Å². The fourth-order valence-corrected chi connectivity index (χ4v) is 8.25. The zero-order chi connectivity index (χ0) is 30.4. The van der Waals surface area contributed by atoms with E-state index < -0.39 is 22.6 Å². The number of benzene rings is 1. The molecular weight excluding hydrogens is 552 g/mol. The van der Waals surface area contributed by atoms with Crippen molar-refractivity contribution in [2.24, 2.45) is 5.41 Å². The third kappa shape index (κ3) is 5.77. The maximum absolute atomic E-state index is 14.0. The Balaban J connectivity index is 1.36. The number of likely N-dealkylation sites (tertiary alicyclic amines) is 2. The molecule has 1 atom stereocenters. The maximum Gasteiger partial charge on any atom is 0.412 e. The topological polar surface area (TPSA) is 114 Å². The highest BCUT2D eigenvalue weighted by atomic mass is 32.1. The second kappa shape index (κ2) is 11.0. The first kappa shape index (κ1) is 30.1. The number of ether oxygens (including phenoxy) is 1. The van der Waals surface area contributed by atoms with Crippen LogP contribution in [0.1, 0.15) is 82.6 Å². The Kier molecular flexibility index (Phi) is 7.88. The molecule has 10 heteroatoms. The highest BCUT2D eigenvalue weighted by molar-refractivity contribution is 7.20. The number of thiophene rings is 1. The van der Waals surface area contributed by atoms with Crippen LogP contribution < -0.4 is 4.90 Å². The van der Waals surface area contributed by atoms with E-state index in [1.54, 1.807) is 18.2 Å². The fraction of sp³-hybridized carbons (Fsp3) is 0.562. The van der Waals surface area contributed by atoms with E-state index in [2.05, 4.69) is 11.0 Å². The van der Waals surface area contributed by atoms with Gasteiger partial charge in [-0.05, 0) is 90.6 Å². The van der Waals surface area contributed by atoms with Gasteiger partial charge in [0.2, 0.25) is 0 Å². The van der Waals surface area contributed by atoms with Crippen LogP contribution in [0, 0.1) is 16.7 Å². The number of carbonyl (C=O) groups is 3. The van der Waals surface area contributed by atoms with E-state index in [4.69, 9.17) is 4.74 Å². The minimum absolute atomic E-state index is 0.0744. The highest BCUT2D eigenvalue weighted by Crippen LogP contribution is 2.47. The van der Waals surface area contributed by atoms with Crippen molar-refractivity contribution >= 4 is 34.3 Å². The lowest BCUT2D eigenvalue weighted by atomic mass is 9.74. The van der Waals surface area contributed by atoms with E-state index in [-0.39, 0.29) is 17.9 Å². The van der Waals surface area contributed by atoms with E-state index in [0.717, 1.165) is 49.1 Å². The second-order valence-electron chi connectivity index (χ2n) is 13.5. The number of amides is 2. The van der Waals surface area contributed by atoms with Crippen molar-refractivity contribution in [1.82, 2.24) is 9.80 Å². The molecule has 5 rings (SSSR count). The molecule has 9 nitrogen and oxygen atoms in total. The van der Waals surface area contributed by atoms with Gasteiger partial charge in [-0.1, -0.05) is 12.1 Å². The summed E-state index contributed by atoms with van der Waals surface area (Å²) in [6.45, 7) is 12.2. The molecule has 0 bridgehead atoms. The van der Waals surface area contributed by atoms with Gasteiger partial charge in [-0.2, -0.15) is 5.26 Å². The average Bonchev–Trinajstić information content (AvgIpc) is 3.44. The Labute approximate surface area is 251 Å². The van der Waals surface area contributed by atoms with Crippen LogP contribution in [0.2, 0.25) is 0 Å². The number of nitrogens with zero attached hydrogens (tertiary/aromatic N) is 4. The molecule has 3 saturated heterocycles. The predicted octanol–water partition coefficient (Wildman–Crippen LogP) is 5.98. The second-order valence-corrected chi connectivity index (χ2v) is 14.5. The highest BCUT2D eigenvalue weighted by Gasteiger charge is 2.54. The molecular formula is C32H40N4O5S. The molecule has 3 aliphatic heterocycles. The summed E-state index contributed by atoms with van der Waals surface area (Å²) in [6, 6.07) is 11.3. The molecule has 4 heterocycles. The number of hydrogen-bond donors (Lipinski definition) is 1. The van der Waals surface area contributed by atoms with Crippen LogP contribution in [-0.2, 0) is 9.53 Å². The van der Waals surface area contributed by atoms with E-state index >= 15 is 0 Å².